The topological polar surface area (TPSA) is 35.0 Å². The molecule has 2 rings (SSSR count). The largest absolute Gasteiger partial charge is 0.491 e. The van der Waals surface area contributed by atoms with Gasteiger partial charge in [-0.25, -0.2) is 9.97 Å². The van der Waals surface area contributed by atoms with Crippen LogP contribution in [0.3, 0.4) is 0 Å². The molecular weight excluding hydrogens is 272 g/mol. The average Bonchev–Trinajstić information content (AvgIpc) is 2.41. The summed E-state index contributed by atoms with van der Waals surface area (Å²) in [5.41, 5.74) is 2.77. The van der Waals surface area contributed by atoms with Crippen molar-refractivity contribution in [2.75, 3.05) is 0 Å². The highest BCUT2D eigenvalue weighted by Crippen LogP contribution is 2.28. The Bertz CT molecular complexity index is 611. The molecule has 3 nitrogen and oxygen atoms in total. The van der Waals surface area contributed by atoms with Gasteiger partial charge in [-0.05, 0) is 32.9 Å². The molecule has 1 aromatic heterocycles. The van der Waals surface area contributed by atoms with Crippen LogP contribution in [0.4, 0.5) is 0 Å². The first-order chi connectivity index (χ1) is 9.51. The minimum Gasteiger partial charge on any atom is -0.491 e. The number of hydrogen-bond acceptors (Lipinski definition) is 3. The molecule has 0 aliphatic heterocycles. The van der Waals surface area contributed by atoms with Crippen LogP contribution < -0.4 is 4.74 Å². The van der Waals surface area contributed by atoms with E-state index in [0.717, 1.165) is 34.8 Å². The Morgan fingerprint density at radius 3 is 2.65 bits per heavy atom. The minimum absolute atomic E-state index is 0.145. The number of ether oxygens (including phenoxy) is 1. The van der Waals surface area contributed by atoms with Crippen molar-refractivity contribution in [3.05, 3.63) is 40.8 Å². The van der Waals surface area contributed by atoms with E-state index in [0.29, 0.717) is 5.15 Å². The van der Waals surface area contributed by atoms with Gasteiger partial charge >= 0.3 is 0 Å². The Kier molecular flexibility index (Phi) is 4.61. The van der Waals surface area contributed by atoms with Crippen molar-refractivity contribution in [2.24, 2.45) is 0 Å². The predicted octanol–water partition coefficient (Wildman–Crippen LogP) is 4.46. The maximum atomic E-state index is 6.19. The van der Waals surface area contributed by atoms with Crippen LogP contribution in [0.25, 0.3) is 11.3 Å². The van der Waals surface area contributed by atoms with Crippen molar-refractivity contribution in [1.82, 2.24) is 9.97 Å². The highest BCUT2D eigenvalue weighted by molar-refractivity contribution is 6.30. The molecule has 0 amide bonds. The van der Waals surface area contributed by atoms with Crippen molar-refractivity contribution < 1.29 is 4.74 Å². The van der Waals surface area contributed by atoms with E-state index in [9.17, 15) is 0 Å². The fourth-order valence-electron chi connectivity index (χ4n) is 1.96. The quantitative estimate of drug-likeness (QED) is 0.780. The van der Waals surface area contributed by atoms with Gasteiger partial charge in [0.25, 0.3) is 0 Å². The molecule has 0 bridgehead atoms. The number of nitrogens with zero attached hydrogens (tertiary/aromatic N) is 2. The van der Waals surface area contributed by atoms with Gasteiger partial charge in [0.15, 0.2) is 0 Å². The highest BCUT2D eigenvalue weighted by atomic mass is 35.5. The SMILES string of the molecule is CCc1nc(Cl)c(C)c(-c2cccc(OC(C)C)c2)n1. The van der Waals surface area contributed by atoms with Crippen molar-refractivity contribution in [3.8, 4) is 17.0 Å². The second kappa shape index (κ2) is 6.23. The van der Waals surface area contributed by atoms with Gasteiger partial charge in [0.05, 0.1) is 11.8 Å². The van der Waals surface area contributed by atoms with E-state index in [1.165, 1.54) is 0 Å². The van der Waals surface area contributed by atoms with Crippen molar-refractivity contribution in [3.63, 3.8) is 0 Å². The molecule has 0 spiro atoms. The summed E-state index contributed by atoms with van der Waals surface area (Å²) < 4.78 is 5.73. The van der Waals surface area contributed by atoms with Crippen LogP contribution in [-0.4, -0.2) is 16.1 Å². The van der Waals surface area contributed by atoms with Gasteiger partial charge in [-0.2, -0.15) is 0 Å². The summed E-state index contributed by atoms with van der Waals surface area (Å²) in [5.74, 6) is 1.59. The minimum atomic E-state index is 0.145. The Labute approximate surface area is 125 Å². The third-order valence-electron chi connectivity index (χ3n) is 2.93. The second-order valence-corrected chi connectivity index (χ2v) is 5.31. The molecule has 2 aromatic rings. The van der Waals surface area contributed by atoms with Gasteiger partial charge in [-0.15, -0.1) is 0 Å². The summed E-state index contributed by atoms with van der Waals surface area (Å²) in [6.45, 7) is 7.97. The molecule has 0 aliphatic carbocycles. The van der Waals surface area contributed by atoms with E-state index >= 15 is 0 Å². The first kappa shape index (κ1) is 14.8. The normalized spacial score (nSPS) is 10.9. The molecule has 0 saturated carbocycles. The zero-order chi connectivity index (χ0) is 14.7. The molecular formula is C16H19ClN2O. The van der Waals surface area contributed by atoms with Crippen molar-refractivity contribution in [2.45, 2.75) is 40.2 Å². The molecule has 0 fully saturated rings. The lowest BCUT2D eigenvalue weighted by Crippen LogP contribution is -2.05. The smallest absolute Gasteiger partial charge is 0.136 e. The summed E-state index contributed by atoms with van der Waals surface area (Å²) >= 11 is 6.19. The van der Waals surface area contributed by atoms with Crippen LogP contribution in [-0.2, 0) is 6.42 Å². The third kappa shape index (κ3) is 3.28. The number of benzene rings is 1. The van der Waals surface area contributed by atoms with Crippen LogP contribution in [0.1, 0.15) is 32.2 Å². The molecule has 0 unspecified atom stereocenters. The zero-order valence-corrected chi connectivity index (χ0v) is 13.0. The average molecular weight is 291 g/mol. The van der Waals surface area contributed by atoms with E-state index in [1.807, 2.05) is 52.0 Å². The van der Waals surface area contributed by atoms with E-state index in [-0.39, 0.29) is 6.10 Å². The molecule has 0 N–H and O–H groups in total. The van der Waals surface area contributed by atoms with Gasteiger partial charge in [-0.1, -0.05) is 30.7 Å². The van der Waals surface area contributed by atoms with Crippen LogP contribution >= 0.6 is 11.6 Å². The molecule has 0 aliphatic rings. The molecule has 1 heterocycles. The van der Waals surface area contributed by atoms with Gasteiger partial charge in [0.2, 0.25) is 0 Å². The number of aromatic nitrogens is 2. The molecule has 4 heteroatoms. The maximum Gasteiger partial charge on any atom is 0.136 e. The number of hydrogen-bond donors (Lipinski definition) is 0. The zero-order valence-electron chi connectivity index (χ0n) is 12.3. The summed E-state index contributed by atoms with van der Waals surface area (Å²) in [6, 6.07) is 7.92. The fraction of sp³-hybridized carbons (Fsp3) is 0.375. The summed E-state index contributed by atoms with van der Waals surface area (Å²) in [5, 5.41) is 0.516. The molecule has 0 radical (unpaired) electrons. The number of aryl methyl sites for hydroxylation is 1. The maximum absolute atomic E-state index is 6.19. The number of rotatable bonds is 4. The molecule has 0 saturated heterocycles. The third-order valence-corrected chi connectivity index (χ3v) is 3.30. The van der Waals surface area contributed by atoms with Crippen LogP contribution in [0, 0.1) is 6.92 Å². The second-order valence-electron chi connectivity index (χ2n) is 4.95. The molecule has 20 heavy (non-hydrogen) atoms. The monoisotopic (exact) mass is 290 g/mol. The fourth-order valence-corrected chi connectivity index (χ4v) is 2.15. The standard InChI is InChI=1S/C16H19ClN2O/c1-5-14-18-15(11(4)16(17)19-14)12-7-6-8-13(9-12)20-10(2)3/h6-10H,5H2,1-4H3. The lowest BCUT2D eigenvalue weighted by Gasteiger charge is -2.12. The Balaban J connectivity index is 2.48. The Morgan fingerprint density at radius 1 is 1.25 bits per heavy atom. The van der Waals surface area contributed by atoms with Crippen LogP contribution in [0.5, 0.6) is 5.75 Å². The highest BCUT2D eigenvalue weighted by Gasteiger charge is 2.11. The summed E-state index contributed by atoms with van der Waals surface area (Å²) in [7, 11) is 0. The van der Waals surface area contributed by atoms with Crippen LogP contribution in [0.15, 0.2) is 24.3 Å². The Morgan fingerprint density at radius 2 is 2.00 bits per heavy atom. The first-order valence-electron chi connectivity index (χ1n) is 6.81. The van der Waals surface area contributed by atoms with E-state index < -0.39 is 0 Å². The Hall–Kier alpha value is -1.61. The van der Waals surface area contributed by atoms with E-state index in [1.54, 1.807) is 0 Å². The molecule has 1 aromatic carbocycles. The van der Waals surface area contributed by atoms with Crippen LogP contribution in [0.2, 0.25) is 5.15 Å². The van der Waals surface area contributed by atoms with Gasteiger partial charge < -0.3 is 4.74 Å². The summed E-state index contributed by atoms with van der Waals surface area (Å²) in [6.07, 6.45) is 0.904. The molecule has 0 atom stereocenters. The predicted molar refractivity (Wildman–Crippen MR) is 82.4 cm³/mol. The van der Waals surface area contributed by atoms with Gasteiger partial charge in [-0.3, -0.25) is 0 Å². The van der Waals surface area contributed by atoms with E-state index in [2.05, 4.69) is 9.97 Å². The van der Waals surface area contributed by atoms with E-state index in [4.69, 9.17) is 16.3 Å². The van der Waals surface area contributed by atoms with Crippen molar-refractivity contribution >= 4 is 11.6 Å². The summed E-state index contributed by atoms with van der Waals surface area (Å²) in [4.78, 5) is 8.86. The lowest BCUT2D eigenvalue weighted by atomic mass is 10.1. The first-order valence-corrected chi connectivity index (χ1v) is 7.19. The number of halogens is 1. The lowest BCUT2D eigenvalue weighted by molar-refractivity contribution is 0.242. The molecule has 106 valence electrons. The van der Waals surface area contributed by atoms with Crippen molar-refractivity contribution in [1.29, 1.82) is 0 Å². The van der Waals surface area contributed by atoms with Gasteiger partial charge in [0.1, 0.15) is 16.7 Å². The van der Waals surface area contributed by atoms with Gasteiger partial charge in [0, 0.05) is 17.5 Å².